The van der Waals surface area contributed by atoms with Crippen molar-refractivity contribution in [1.82, 2.24) is 0 Å². The lowest BCUT2D eigenvalue weighted by atomic mass is 10.1. The van der Waals surface area contributed by atoms with E-state index in [9.17, 15) is 19.2 Å². The van der Waals surface area contributed by atoms with E-state index in [1.807, 2.05) is 6.92 Å². The van der Waals surface area contributed by atoms with Gasteiger partial charge in [-0.05, 0) is 79.0 Å². The predicted molar refractivity (Wildman–Crippen MR) is 135 cm³/mol. The van der Waals surface area contributed by atoms with E-state index in [-0.39, 0.29) is 24.5 Å². The number of nitrogens with two attached hydrogens (primary N) is 1. The van der Waals surface area contributed by atoms with Crippen LogP contribution in [0.4, 0.5) is 14.4 Å². The maximum absolute atomic E-state index is 12.5. The van der Waals surface area contributed by atoms with Gasteiger partial charge in [0.15, 0.2) is 11.5 Å². The van der Waals surface area contributed by atoms with E-state index < -0.39 is 54.4 Å². The van der Waals surface area contributed by atoms with E-state index in [1.165, 1.54) is 25.1 Å². The van der Waals surface area contributed by atoms with Crippen molar-refractivity contribution >= 4 is 24.4 Å². The Kier molecular flexibility index (Phi) is 12.8. The molecular weight excluding hydrogens is 502 g/mol. The van der Waals surface area contributed by atoms with E-state index in [4.69, 9.17) is 38.9 Å². The molecular formula is C26H39NO11. The fraction of sp³-hybridized carbons (Fsp3) is 0.615. The average molecular weight is 542 g/mol. The number of hydrogen-bond donors (Lipinski definition) is 1. The maximum Gasteiger partial charge on any atom is 0.514 e. The Bertz CT molecular complexity index is 959. The molecule has 0 aromatic heterocycles. The van der Waals surface area contributed by atoms with E-state index in [0.717, 1.165) is 0 Å². The summed E-state index contributed by atoms with van der Waals surface area (Å²) in [5.74, 6) is -0.976. The first-order valence-corrected chi connectivity index (χ1v) is 12.3. The lowest BCUT2D eigenvalue weighted by Gasteiger charge is -2.23. The van der Waals surface area contributed by atoms with Gasteiger partial charge in [-0.25, -0.2) is 14.4 Å². The normalized spacial score (nSPS) is 12.8. The Labute approximate surface area is 223 Å². The van der Waals surface area contributed by atoms with Crippen LogP contribution in [0.25, 0.3) is 0 Å². The molecule has 0 spiro atoms. The van der Waals surface area contributed by atoms with Gasteiger partial charge in [0, 0.05) is 0 Å². The van der Waals surface area contributed by atoms with Gasteiger partial charge in [-0.3, -0.25) is 4.79 Å². The molecule has 38 heavy (non-hydrogen) atoms. The summed E-state index contributed by atoms with van der Waals surface area (Å²) in [4.78, 5) is 48.3. The van der Waals surface area contributed by atoms with Crippen LogP contribution in [-0.2, 0) is 34.9 Å². The van der Waals surface area contributed by atoms with Gasteiger partial charge in [0.25, 0.3) is 0 Å². The number of benzene rings is 1. The predicted octanol–water partition coefficient (Wildman–Crippen LogP) is 4.68. The highest BCUT2D eigenvalue weighted by Gasteiger charge is 2.24. The van der Waals surface area contributed by atoms with Crippen LogP contribution in [0.1, 0.15) is 67.4 Å². The zero-order valence-electron chi connectivity index (χ0n) is 23.2. The summed E-state index contributed by atoms with van der Waals surface area (Å²) < 4.78 is 35.7. The van der Waals surface area contributed by atoms with Crippen LogP contribution in [-0.4, -0.2) is 61.0 Å². The van der Waals surface area contributed by atoms with Gasteiger partial charge in [-0.1, -0.05) is 13.0 Å². The zero-order chi connectivity index (χ0) is 29.0. The van der Waals surface area contributed by atoms with Crippen molar-refractivity contribution < 1.29 is 52.3 Å². The summed E-state index contributed by atoms with van der Waals surface area (Å²) in [5.41, 5.74) is 5.80. The number of carbonyl (C=O) groups excluding carboxylic acids is 4. The topological polar surface area (TPSA) is 159 Å². The molecule has 0 aliphatic carbocycles. The minimum Gasteiger partial charge on any atom is -0.458 e. The Morgan fingerprint density at radius 2 is 1.39 bits per heavy atom. The Balaban J connectivity index is 2.83. The minimum absolute atomic E-state index is 0.00848. The molecule has 0 radical (unpaired) electrons. The Hall–Kier alpha value is -3.54. The molecule has 0 amide bonds. The van der Waals surface area contributed by atoms with Gasteiger partial charge in [0.05, 0.1) is 12.2 Å². The monoisotopic (exact) mass is 541 g/mol. The van der Waals surface area contributed by atoms with Crippen molar-refractivity contribution in [2.45, 2.75) is 98.2 Å². The van der Waals surface area contributed by atoms with Gasteiger partial charge in [0.2, 0.25) is 0 Å². The van der Waals surface area contributed by atoms with Crippen LogP contribution in [0.3, 0.4) is 0 Å². The molecule has 2 atom stereocenters. The van der Waals surface area contributed by atoms with Gasteiger partial charge >= 0.3 is 24.4 Å². The van der Waals surface area contributed by atoms with Crippen LogP contribution in [0.5, 0.6) is 11.5 Å². The summed E-state index contributed by atoms with van der Waals surface area (Å²) in [7, 11) is 0. The molecule has 0 unspecified atom stereocenters. The molecule has 1 aromatic rings. The van der Waals surface area contributed by atoms with E-state index >= 15 is 0 Å². The highest BCUT2D eigenvalue weighted by atomic mass is 16.8. The molecule has 0 saturated heterocycles. The van der Waals surface area contributed by atoms with E-state index in [2.05, 4.69) is 0 Å². The third kappa shape index (κ3) is 12.6. The van der Waals surface area contributed by atoms with Crippen molar-refractivity contribution in [2.75, 3.05) is 6.61 Å². The van der Waals surface area contributed by atoms with Crippen LogP contribution in [0.2, 0.25) is 0 Å². The molecule has 1 rings (SSSR count). The first-order chi connectivity index (χ1) is 17.6. The Morgan fingerprint density at radius 1 is 0.842 bits per heavy atom. The van der Waals surface area contributed by atoms with Gasteiger partial charge < -0.3 is 38.9 Å². The second-order valence-corrected chi connectivity index (χ2v) is 9.65. The highest BCUT2D eigenvalue weighted by Crippen LogP contribution is 2.30. The molecule has 0 heterocycles. The summed E-state index contributed by atoms with van der Waals surface area (Å²) in [6, 6.07) is 3.18. The number of rotatable bonds is 12. The molecule has 0 fully saturated rings. The largest absolute Gasteiger partial charge is 0.514 e. The van der Waals surface area contributed by atoms with Crippen LogP contribution >= 0.6 is 0 Å². The first kappa shape index (κ1) is 32.5. The standard InChI is InChI=1S/C26H39NO11/c1-9-26(7,8)38-23(29)32-14-17(6)35-22(28)19(27)12-18-10-11-20(36-24(30)33-15(2)3)21(13-18)37-25(31)34-16(4)5/h10-11,13,15-17,19H,9,12,14,27H2,1-8H3/t17-,19-/m0/s1. The second-order valence-electron chi connectivity index (χ2n) is 9.65. The molecule has 0 bridgehead atoms. The van der Waals surface area contributed by atoms with Gasteiger partial charge in [-0.15, -0.1) is 0 Å². The smallest absolute Gasteiger partial charge is 0.458 e. The first-order valence-electron chi connectivity index (χ1n) is 12.3. The number of hydrogen-bond acceptors (Lipinski definition) is 12. The quantitative estimate of drug-likeness (QED) is 0.221. The lowest BCUT2D eigenvalue weighted by molar-refractivity contribution is -0.152. The summed E-state index contributed by atoms with van der Waals surface area (Å²) in [6.45, 7) is 13.3. The fourth-order valence-corrected chi connectivity index (χ4v) is 2.63. The highest BCUT2D eigenvalue weighted by molar-refractivity contribution is 5.76. The minimum atomic E-state index is -1.10. The van der Waals surface area contributed by atoms with Crippen LogP contribution in [0.15, 0.2) is 18.2 Å². The number of esters is 1. The van der Waals surface area contributed by atoms with Crippen molar-refractivity contribution in [2.24, 2.45) is 5.73 Å². The summed E-state index contributed by atoms with van der Waals surface area (Å²) in [6.07, 6.45) is -3.94. The molecule has 0 aliphatic heterocycles. The third-order valence-electron chi connectivity index (χ3n) is 4.78. The molecule has 214 valence electrons. The number of carbonyl (C=O) groups is 4. The Morgan fingerprint density at radius 3 is 1.92 bits per heavy atom. The zero-order valence-corrected chi connectivity index (χ0v) is 23.2. The molecule has 2 N–H and O–H groups in total. The fourth-order valence-electron chi connectivity index (χ4n) is 2.63. The summed E-state index contributed by atoms with van der Waals surface area (Å²) in [5, 5.41) is 0. The van der Waals surface area contributed by atoms with Crippen molar-refractivity contribution in [3.63, 3.8) is 0 Å². The van der Waals surface area contributed by atoms with E-state index in [0.29, 0.717) is 12.0 Å². The molecule has 1 aromatic carbocycles. The lowest BCUT2D eigenvalue weighted by Crippen LogP contribution is -2.37. The van der Waals surface area contributed by atoms with Crippen molar-refractivity contribution in [1.29, 1.82) is 0 Å². The molecule has 12 heteroatoms. The SMILES string of the molecule is CCC(C)(C)OC(=O)OC[C@H](C)OC(=O)[C@@H](N)Cc1ccc(OC(=O)OC(C)C)c(OC(=O)OC(C)C)c1. The van der Waals surface area contributed by atoms with Crippen molar-refractivity contribution in [3.05, 3.63) is 23.8 Å². The maximum atomic E-state index is 12.5. The summed E-state index contributed by atoms with van der Waals surface area (Å²) >= 11 is 0. The van der Waals surface area contributed by atoms with Crippen molar-refractivity contribution in [3.8, 4) is 11.5 Å². The average Bonchev–Trinajstić information content (AvgIpc) is 2.78. The molecule has 0 aliphatic rings. The van der Waals surface area contributed by atoms with Crippen LogP contribution < -0.4 is 15.2 Å². The second kappa shape index (κ2) is 15.0. The van der Waals surface area contributed by atoms with Crippen LogP contribution in [0, 0.1) is 0 Å². The van der Waals surface area contributed by atoms with Gasteiger partial charge in [0.1, 0.15) is 24.4 Å². The van der Waals surface area contributed by atoms with Gasteiger partial charge in [-0.2, -0.15) is 0 Å². The molecule has 0 saturated carbocycles. The molecule has 12 nitrogen and oxygen atoms in total. The number of ether oxygens (including phenoxy) is 7. The third-order valence-corrected chi connectivity index (χ3v) is 4.78. The van der Waals surface area contributed by atoms with E-state index in [1.54, 1.807) is 41.5 Å².